The largest absolute Gasteiger partial charge is 0.481 e. The summed E-state index contributed by atoms with van der Waals surface area (Å²) in [7, 11) is -1.94. The quantitative estimate of drug-likeness (QED) is 0.819. The van der Waals surface area contributed by atoms with Crippen molar-refractivity contribution in [3.63, 3.8) is 0 Å². The van der Waals surface area contributed by atoms with Crippen LogP contribution in [-0.4, -0.2) is 46.7 Å². The summed E-state index contributed by atoms with van der Waals surface area (Å²) in [5.41, 5.74) is 1.00. The fraction of sp³-hybridized carbons (Fsp3) is 0.600. The molecule has 0 aromatic carbocycles. The van der Waals surface area contributed by atoms with Gasteiger partial charge in [-0.25, -0.2) is 8.42 Å². The summed E-state index contributed by atoms with van der Waals surface area (Å²) in [6.07, 6.45) is 0. The lowest BCUT2D eigenvalue weighted by atomic mass is 10.0. The molecule has 2 rings (SSSR count). The minimum absolute atomic E-state index is 0.0332. The lowest BCUT2D eigenvalue weighted by Gasteiger charge is -2.35. The van der Waals surface area contributed by atoms with Crippen molar-refractivity contribution >= 4 is 16.0 Å². The Balaban J connectivity index is 2.31. The van der Waals surface area contributed by atoms with Gasteiger partial charge in [-0.05, 0) is 13.8 Å². The SMILES string of the molecule is Cc1nn(C)c(C)c1S(=O)(=O)N1CC(C(=O)O)C1. The predicted octanol–water partition coefficient (Wildman–Crippen LogP) is -0.258. The van der Waals surface area contributed by atoms with E-state index < -0.39 is 21.9 Å². The zero-order chi connectivity index (χ0) is 13.7. The van der Waals surface area contributed by atoms with Crippen molar-refractivity contribution in [2.24, 2.45) is 13.0 Å². The van der Waals surface area contributed by atoms with Gasteiger partial charge in [0.2, 0.25) is 10.0 Å². The molecule has 8 heteroatoms. The van der Waals surface area contributed by atoms with E-state index in [1.807, 2.05) is 0 Å². The van der Waals surface area contributed by atoms with Gasteiger partial charge in [0.25, 0.3) is 0 Å². The second-order valence-electron chi connectivity index (χ2n) is 4.48. The first kappa shape index (κ1) is 13.0. The standard InChI is InChI=1S/C10H15N3O4S/c1-6-9(7(2)12(3)11-6)18(16,17)13-4-8(5-13)10(14)15/h8H,4-5H2,1-3H3,(H,14,15). The molecule has 100 valence electrons. The highest BCUT2D eigenvalue weighted by atomic mass is 32.2. The van der Waals surface area contributed by atoms with Crippen LogP contribution in [0.4, 0.5) is 0 Å². The Kier molecular flexibility index (Phi) is 2.94. The van der Waals surface area contributed by atoms with Crippen molar-refractivity contribution in [2.45, 2.75) is 18.7 Å². The van der Waals surface area contributed by atoms with Crippen molar-refractivity contribution in [1.29, 1.82) is 0 Å². The van der Waals surface area contributed by atoms with Crippen LogP contribution in [0.5, 0.6) is 0 Å². The second-order valence-corrected chi connectivity index (χ2v) is 6.36. The van der Waals surface area contributed by atoms with Crippen LogP contribution in [0.25, 0.3) is 0 Å². The number of aryl methyl sites for hydroxylation is 2. The van der Waals surface area contributed by atoms with E-state index in [1.165, 1.54) is 8.99 Å². The molecule has 0 radical (unpaired) electrons. The van der Waals surface area contributed by atoms with Crippen LogP contribution < -0.4 is 0 Å². The van der Waals surface area contributed by atoms with E-state index in [2.05, 4.69) is 5.10 Å². The lowest BCUT2D eigenvalue weighted by molar-refractivity contribution is -0.145. The highest BCUT2D eigenvalue weighted by molar-refractivity contribution is 7.89. The highest BCUT2D eigenvalue weighted by Gasteiger charge is 2.42. The maximum absolute atomic E-state index is 12.3. The number of rotatable bonds is 3. The molecule has 0 spiro atoms. The summed E-state index contributed by atoms with van der Waals surface area (Å²) in [6.45, 7) is 3.38. The average Bonchev–Trinajstić information content (AvgIpc) is 2.36. The fourth-order valence-corrected chi connectivity index (χ4v) is 3.98. The van der Waals surface area contributed by atoms with Gasteiger partial charge in [0.15, 0.2) is 0 Å². The molecular weight excluding hydrogens is 258 g/mol. The molecule has 1 aromatic heterocycles. The van der Waals surface area contributed by atoms with Crippen LogP contribution in [0.15, 0.2) is 4.90 Å². The van der Waals surface area contributed by atoms with E-state index >= 15 is 0 Å². The van der Waals surface area contributed by atoms with Gasteiger partial charge in [0.1, 0.15) is 4.90 Å². The Labute approximate surface area is 105 Å². The number of carboxylic acids is 1. The van der Waals surface area contributed by atoms with E-state index in [1.54, 1.807) is 20.9 Å². The normalized spacial score (nSPS) is 17.7. The molecule has 0 saturated carbocycles. The number of aliphatic carboxylic acids is 1. The summed E-state index contributed by atoms with van der Waals surface area (Å²) in [5.74, 6) is -1.56. The molecule has 0 unspecified atom stereocenters. The van der Waals surface area contributed by atoms with Crippen molar-refractivity contribution in [3.05, 3.63) is 11.4 Å². The second kappa shape index (κ2) is 4.06. The van der Waals surface area contributed by atoms with E-state index in [9.17, 15) is 13.2 Å². The molecule has 7 nitrogen and oxygen atoms in total. The molecule has 0 atom stereocenters. The van der Waals surface area contributed by atoms with Gasteiger partial charge in [-0.1, -0.05) is 0 Å². The van der Waals surface area contributed by atoms with Crippen molar-refractivity contribution in [3.8, 4) is 0 Å². The van der Waals surface area contributed by atoms with Crippen LogP contribution in [0.3, 0.4) is 0 Å². The van der Waals surface area contributed by atoms with Crippen LogP contribution in [0, 0.1) is 19.8 Å². The van der Waals surface area contributed by atoms with Crippen LogP contribution in [0.2, 0.25) is 0 Å². The summed E-state index contributed by atoms with van der Waals surface area (Å²) in [6, 6.07) is 0. The number of carboxylic acid groups (broad SMARTS) is 1. The number of hydrogen-bond acceptors (Lipinski definition) is 4. The number of carbonyl (C=O) groups is 1. The topological polar surface area (TPSA) is 92.5 Å². The third kappa shape index (κ3) is 1.81. The molecule has 0 amide bonds. The van der Waals surface area contributed by atoms with E-state index in [4.69, 9.17) is 5.11 Å². The third-order valence-electron chi connectivity index (χ3n) is 3.24. The first-order valence-electron chi connectivity index (χ1n) is 5.48. The van der Waals surface area contributed by atoms with E-state index in [0.29, 0.717) is 11.4 Å². The van der Waals surface area contributed by atoms with Gasteiger partial charge < -0.3 is 5.11 Å². The summed E-state index contributed by atoms with van der Waals surface area (Å²) < 4.78 is 27.3. The van der Waals surface area contributed by atoms with Gasteiger partial charge in [0.05, 0.1) is 17.3 Å². The zero-order valence-electron chi connectivity index (χ0n) is 10.4. The zero-order valence-corrected chi connectivity index (χ0v) is 11.2. The fourth-order valence-electron chi connectivity index (χ4n) is 2.05. The molecule has 1 saturated heterocycles. The van der Waals surface area contributed by atoms with Crippen molar-refractivity contribution in [2.75, 3.05) is 13.1 Å². The van der Waals surface area contributed by atoms with Crippen LogP contribution in [-0.2, 0) is 21.9 Å². The molecule has 1 N–H and O–H groups in total. The molecule has 2 heterocycles. The highest BCUT2D eigenvalue weighted by Crippen LogP contribution is 2.28. The summed E-state index contributed by atoms with van der Waals surface area (Å²) >= 11 is 0. The maximum atomic E-state index is 12.3. The minimum atomic E-state index is -3.62. The minimum Gasteiger partial charge on any atom is -0.481 e. The summed E-state index contributed by atoms with van der Waals surface area (Å²) in [4.78, 5) is 10.9. The third-order valence-corrected chi connectivity index (χ3v) is 5.32. The molecule has 18 heavy (non-hydrogen) atoms. The Morgan fingerprint density at radius 1 is 1.39 bits per heavy atom. The van der Waals surface area contributed by atoms with Gasteiger partial charge in [0, 0.05) is 20.1 Å². The molecular formula is C10H15N3O4S. The van der Waals surface area contributed by atoms with Crippen LogP contribution >= 0.6 is 0 Å². The lowest BCUT2D eigenvalue weighted by Crippen LogP contribution is -2.53. The Morgan fingerprint density at radius 2 is 1.94 bits per heavy atom. The van der Waals surface area contributed by atoms with E-state index in [-0.39, 0.29) is 18.0 Å². The Bertz CT molecular complexity index is 599. The van der Waals surface area contributed by atoms with Crippen molar-refractivity contribution < 1.29 is 18.3 Å². The predicted molar refractivity (Wildman–Crippen MR) is 62.6 cm³/mol. The summed E-state index contributed by atoms with van der Waals surface area (Å²) in [5, 5.41) is 12.8. The van der Waals surface area contributed by atoms with Gasteiger partial charge in [-0.15, -0.1) is 0 Å². The van der Waals surface area contributed by atoms with Gasteiger partial charge in [-0.2, -0.15) is 9.40 Å². The van der Waals surface area contributed by atoms with Crippen molar-refractivity contribution in [1.82, 2.24) is 14.1 Å². The monoisotopic (exact) mass is 273 g/mol. The number of hydrogen-bond donors (Lipinski definition) is 1. The van der Waals surface area contributed by atoms with E-state index in [0.717, 1.165) is 0 Å². The number of nitrogens with zero attached hydrogens (tertiary/aromatic N) is 3. The Morgan fingerprint density at radius 3 is 2.33 bits per heavy atom. The maximum Gasteiger partial charge on any atom is 0.309 e. The molecule has 1 fully saturated rings. The smallest absolute Gasteiger partial charge is 0.309 e. The molecule has 1 aliphatic rings. The number of aromatic nitrogens is 2. The van der Waals surface area contributed by atoms with Gasteiger partial charge >= 0.3 is 5.97 Å². The first-order chi connectivity index (χ1) is 8.25. The first-order valence-corrected chi connectivity index (χ1v) is 6.92. The molecule has 0 aliphatic carbocycles. The molecule has 0 bridgehead atoms. The number of sulfonamides is 1. The molecule has 1 aromatic rings. The average molecular weight is 273 g/mol. The van der Waals surface area contributed by atoms with Crippen LogP contribution in [0.1, 0.15) is 11.4 Å². The Hall–Kier alpha value is -1.41. The van der Waals surface area contributed by atoms with Gasteiger partial charge in [-0.3, -0.25) is 9.48 Å². The molecule has 1 aliphatic heterocycles.